The van der Waals surface area contributed by atoms with Crippen LogP contribution in [0.4, 0.5) is 11.4 Å². The average molecular weight is 437 g/mol. The van der Waals surface area contributed by atoms with Gasteiger partial charge in [-0.2, -0.15) is 0 Å². The molecule has 158 valence electrons. The molecule has 0 radical (unpaired) electrons. The van der Waals surface area contributed by atoms with Crippen molar-refractivity contribution >= 4 is 51.5 Å². The number of ether oxygens (including phenoxy) is 1. The number of rotatable bonds is 5. The van der Waals surface area contributed by atoms with Gasteiger partial charge in [0.15, 0.2) is 6.61 Å². The first-order valence-electron chi connectivity index (χ1n) is 9.94. The Morgan fingerprint density at radius 3 is 2.68 bits per heavy atom. The van der Waals surface area contributed by atoms with Crippen molar-refractivity contribution in [2.24, 2.45) is 5.92 Å². The molecule has 0 aromatic heterocycles. The minimum atomic E-state index is -0.618. The lowest BCUT2D eigenvalue weighted by molar-refractivity contribution is -0.151. The molecule has 0 bridgehead atoms. The van der Waals surface area contributed by atoms with E-state index >= 15 is 0 Å². The van der Waals surface area contributed by atoms with Gasteiger partial charge in [-0.3, -0.25) is 14.4 Å². The Hall–Kier alpha value is -3.38. The number of carbonyl (C=O) groups is 3. The monoisotopic (exact) mass is 436 g/mol. The van der Waals surface area contributed by atoms with Gasteiger partial charge in [-0.05, 0) is 36.1 Å². The number of nitrogens with one attached hydrogen (secondary N) is 1. The third-order valence-corrected chi connectivity index (χ3v) is 5.81. The van der Waals surface area contributed by atoms with Gasteiger partial charge < -0.3 is 15.0 Å². The number of hydrogen-bond donors (Lipinski definition) is 1. The van der Waals surface area contributed by atoms with Crippen LogP contribution in [0.15, 0.2) is 60.7 Å². The number of benzene rings is 3. The summed E-state index contributed by atoms with van der Waals surface area (Å²) in [4.78, 5) is 38.9. The largest absolute Gasteiger partial charge is 0.455 e. The molecule has 2 amide bonds. The van der Waals surface area contributed by atoms with E-state index in [4.69, 9.17) is 16.3 Å². The van der Waals surface area contributed by atoms with E-state index in [0.717, 1.165) is 22.0 Å². The molecule has 0 aliphatic carbocycles. The number of carbonyl (C=O) groups excluding carboxylic acids is 3. The number of hydrogen-bond acceptors (Lipinski definition) is 4. The molecule has 0 spiro atoms. The first-order valence-corrected chi connectivity index (χ1v) is 10.3. The average Bonchev–Trinajstić information content (AvgIpc) is 3.16. The molecule has 3 aromatic carbocycles. The lowest BCUT2D eigenvalue weighted by Gasteiger charge is -2.18. The molecular formula is C24H21ClN2O4. The summed E-state index contributed by atoms with van der Waals surface area (Å²) in [6, 6.07) is 18.7. The molecule has 1 heterocycles. The van der Waals surface area contributed by atoms with Crippen LogP contribution < -0.4 is 10.2 Å². The van der Waals surface area contributed by atoms with E-state index < -0.39 is 24.4 Å². The second-order valence-electron chi connectivity index (χ2n) is 7.47. The van der Waals surface area contributed by atoms with Gasteiger partial charge in [0.05, 0.1) is 11.6 Å². The second kappa shape index (κ2) is 8.78. The van der Waals surface area contributed by atoms with Crippen molar-refractivity contribution < 1.29 is 19.1 Å². The predicted molar refractivity (Wildman–Crippen MR) is 120 cm³/mol. The lowest BCUT2D eigenvalue weighted by Crippen LogP contribution is -2.28. The van der Waals surface area contributed by atoms with Gasteiger partial charge in [0.1, 0.15) is 0 Å². The summed E-state index contributed by atoms with van der Waals surface area (Å²) in [5.41, 5.74) is 2.07. The molecule has 0 unspecified atom stereocenters. The Morgan fingerprint density at radius 2 is 1.84 bits per heavy atom. The molecule has 1 N–H and O–H groups in total. The van der Waals surface area contributed by atoms with Crippen molar-refractivity contribution in [3.05, 3.63) is 71.2 Å². The second-order valence-corrected chi connectivity index (χ2v) is 7.88. The van der Waals surface area contributed by atoms with Crippen molar-refractivity contribution in [1.29, 1.82) is 0 Å². The molecule has 1 fully saturated rings. The van der Waals surface area contributed by atoms with Gasteiger partial charge in [-0.25, -0.2) is 0 Å². The third-order valence-electron chi connectivity index (χ3n) is 5.40. The summed E-state index contributed by atoms with van der Waals surface area (Å²) >= 11 is 6.05. The smallest absolute Gasteiger partial charge is 0.311 e. The summed E-state index contributed by atoms with van der Waals surface area (Å²) in [6.45, 7) is 1.58. The Kier molecular flexibility index (Phi) is 5.91. The van der Waals surface area contributed by atoms with Crippen LogP contribution in [0.5, 0.6) is 0 Å². The molecular weight excluding hydrogens is 416 g/mol. The maximum atomic E-state index is 12.6. The Labute approximate surface area is 184 Å². The van der Waals surface area contributed by atoms with Gasteiger partial charge in [0.2, 0.25) is 5.91 Å². The van der Waals surface area contributed by atoms with E-state index in [1.165, 1.54) is 0 Å². The maximum absolute atomic E-state index is 12.6. The number of fused-ring (bicyclic) bond motifs is 1. The molecule has 1 aliphatic heterocycles. The molecule has 4 rings (SSSR count). The topological polar surface area (TPSA) is 75.7 Å². The number of anilines is 2. The summed E-state index contributed by atoms with van der Waals surface area (Å²) in [6.07, 6.45) is 0.0527. The molecule has 7 heteroatoms. The van der Waals surface area contributed by atoms with Gasteiger partial charge in [0.25, 0.3) is 5.91 Å². The molecule has 3 aromatic rings. The first kappa shape index (κ1) is 20.9. The summed E-state index contributed by atoms with van der Waals surface area (Å²) in [7, 11) is 0. The summed E-state index contributed by atoms with van der Waals surface area (Å²) in [5, 5.41) is 5.19. The SMILES string of the molecule is Cc1c(Cl)cccc1NC(=O)COC(=O)[C@H]1CC(=O)N(c2cccc3ccccc23)C1. The van der Waals surface area contributed by atoms with Crippen LogP contribution in [0.3, 0.4) is 0 Å². The Morgan fingerprint density at radius 1 is 1.10 bits per heavy atom. The van der Waals surface area contributed by atoms with Crippen molar-refractivity contribution in [2.45, 2.75) is 13.3 Å². The quantitative estimate of drug-likeness (QED) is 0.604. The molecule has 1 aliphatic rings. The highest BCUT2D eigenvalue weighted by molar-refractivity contribution is 6.31. The molecule has 31 heavy (non-hydrogen) atoms. The van der Waals surface area contributed by atoms with Gasteiger partial charge in [-0.1, -0.05) is 54.1 Å². The molecule has 1 saturated heterocycles. The van der Waals surface area contributed by atoms with Crippen LogP contribution in [-0.4, -0.2) is 30.9 Å². The highest BCUT2D eigenvalue weighted by Crippen LogP contribution is 2.32. The zero-order chi connectivity index (χ0) is 22.0. The minimum Gasteiger partial charge on any atom is -0.455 e. The number of esters is 1. The maximum Gasteiger partial charge on any atom is 0.311 e. The van der Waals surface area contributed by atoms with Gasteiger partial charge in [-0.15, -0.1) is 0 Å². The normalized spacial score (nSPS) is 15.9. The van der Waals surface area contributed by atoms with E-state index in [9.17, 15) is 14.4 Å². The number of amides is 2. The predicted octanol–water partition coefficient (Wildman–Crippen LogP) is 4.34. The van der Waals surface area contributed by atoms with Crippen molar-refractivity contribution in [2.75, 3.05) is 23.4 Å². The van der Waals surface area contributed by atoms with Crippen LogP contribution in [0.25, 0.3) is 10.8 Å². The zero-order valence-electron chi connectivity index (χ0n) is 16.9. The fourth-order valence-corrected chi connectivity index (χ4v) is 3.90. The molecule has 0 saturated carbocycles. The standard InChI is InChI=1S/C24H21ClN2O4/c1-15-19(25)9-5-10-20(15)26-22(28)14-31-24(30)17-12-23(29)27(13-17)21-11-4-7-16-6-2-3-8-18(16)21/h2-11,17H,12-14H2,1H3,(H,26,28)/t17-/m0/s1. The summed E-state index contributed by atoms with van der Waals surface area (Å²) in [5.74, 6) is -1.78. The number of nitrogens with zero attached hydrogens (tertiary/aromatic N) is 1. The van der Waals surface area contributed by atoms with Gasteiger partial charge in [0, 0.05) is 29.1 Å². The lowest BCUT2D eigenvalue weighted by atomic mass is 10.1. The van der Waals surface area contributed by atoms with Gasteiger partial charge >= 0.3 is 5.97 Å². The van der Waals surface area contributed by atoms with Crippen LogP contribution in [0.1, 0.15) is 12.0 Å². The van der Waals surface area contributed by atoms with Crippen LogP contribution in [0, 0.1) is 12.8 Å². The van der Waals surface area contributed by atoms with Crippen molar-refractivity contribution in [1.82, 2.24) is 0 Å². The fraction of sp³-hybridized carbons (Fsp3) is 0.208. The van der Waals surface area contributed by atoms with E-state index in [1.54, 1.807) is 30.0 Å². The van der Waals surface area contributed by atoms with Crippen LogP contribution in [-0.2, 0) is 19.1 Å². The van der Waals surface area contributed by atoms with Crippen LogP contribution in [0.2, 0.25) is 5.02 Å². The number of halogens is 1. The highest BCUT2D eigenvalue weighted by atomic mass is 35.5. The minimum absolute atomic E-state index is 0.0527. The highest BCUT2D eigenvalue weighted by Gasteiger charge is 2.36. The van der Waals surface area contributed by atoms with E-state index in [1.807, 2.05) is 42.5 Å². The third kappa shape index (κ3) is 4.39. The summed E-state index contributed by atoms with van der Waals surface area (Å²) < 4.78 is 5.19. The fourth-order valence-electron chi connectivity index (χ4n) is 3.73. The Balaban J connectivity index is 1.38. The van der Waals surface area contributed by atoms with Crippen LogP contribution >= 0.6 is 11.6 Å². The molecule has 1 atom stereocenters. The zero-order valence-corrected chi connectivity index (χ0v) is 17.7. The van der Waals surface area contributed by atoms with Crippen molar-refractivity contribution in [3.8, 4) is 0 Å². The van der Waals surface area contributed by atoms with Crippen molar-refractivity contribution in [3.63, 3.8) is 0 Å². The Bertz CT molecular complexity index is 1170. The van der Waals surface area contributed by atoms with E-state index in [0.29, 0.717) is 10.7 Å². The van der Waals surface area contributed by atoms with E-state index in [-0.39, 0.29) is 18.9 Å². The first-order chi connectivity index (χ1) is 14.9. The molecule has 6 nitrogen and oxygen atoms in total. The van der Waals surface area contributed by atoms with E-state index in [2.05, 4.69) is 5.32 Å².